The summed E-state index contributed by atoms with van der Waals surface area (Å²) in [5.74, 6) is 1.12. The lowest BCUT2D eigenvalue weighted by Gasteiger charge is -2.36. The van der Waals surface area contributed by atoms with Crippen LogP contribution in [0.1, 0.15) is 67.7 Å². The minimum absolute atomic E-state index is 0.0249. The normalized spacial score (nSPS) is 33.2. The number of hydrogen-bond donors (Lipinski definition) is 5. The number of nitrogens with zero attached hydrogens (tertiary/aromatic N) is 1. The van der Waals surface area contributed by atoms with Crippen molar-refractivity contribution in [1.82, 2.24) is 26.1 Å². The number of phenolic OH excluding ortho intramolecular Hbond substituents is 1. The van der Waals surface area contributed by atoms with Crippen LogP contribution < -0.4 is 16.2 Å². The number of fused-ring (bicyclic) bond motifs is 1. The van der Waals surface area contributed by atoms with E-state index in [0.29, 0.717) is 6.04 Å². The van der Waals surface area contributed by atoms with E-state index in [0.717, 1.165) is 54.9 Å². The van der Waals surface area contributed by atoms with Gasteiger partial charge in [-0.25, -0.2) is 14.8 Å². The summed E-state index contributed by atoms with van der Waals surface area (Å²) in [6, 6.07) is 5.44. The summed E-state index contributed by atoms with van der Waals surface area (Å²) in [6.07, 6.45) is 6.65. The Hall–Kier alpha value is -2.22. The first-order chi connectivity index (χ1) is 15.0. The molecule has 2 aliphatic heterocycles. The molecule has 0 spiro atoms. The molecule has 5 rings (SSSR count). The molecule has 5 N–H and O–H groups in total. The SMILES string of the molecule is CCc1cc(O)ccc1C1CCC2C(c3ncc(C4=C[C@@H](C)NCC4)[nH]3)NNC2C1F. The van der Waals surface area contributed by atoms with Crippen molar-refractivity contribution in [2.75, 3.05) is 6.54 Å². The fourth-order valence-electron chi connectivity index (χ4n) is 5.67. The zero-order chi connectivity index (χ0) is 21.5. The summed E-state index contributed by atoms with van der Waals surface area (Å²) in [5, 5.41) is 13.2. The maximum Gasteiger partial charge on any atom is 0.125 e. The van der Waals surface area contributed by atoms with E-state index in [9.17, 15) is 5.11 Å². The number of benzene rings is 1. The quantitative estimate of drug-likeness (QED) is 0.518. The minimum atomic E-state index is -0.992. The molecule has 31 heavy (non-hydrogen) atoms. The number of alkyl halides is 1. The van der Waals surface area contributed by atoms with Crippen molar-refractivity contribution in [3.63, 3.8) is 0 Å². The van der Waals surface area contributed by atoms with Crippen molar-refractivity contribution >= 4 is 5.57 Å². The molecular weight excluding hydrogens is 393 g/mol. The van der Waals surface area contributed by atoms with Crippen molar-refractivity contribution in [2.24, 2.45) is 5.92 Å². The Labute approximate surface area is 182 Å². The lowest BCUT2D eigenvalue weighted by molar-refractivity contribution is 0.135. The van der Waals surface area contributed by atoms with Gasteiger partial charge in [0.15, 0.2) is 0 Å². The second-order valence-corrected chi connectivity index (χ2v) is 9.19. The third-order valence-corrected chi connectivity index (χ3v) is 7.29. The van der Waals surface area contributed by atoms with Crippen molar-refractivity contribution in [1.29, 1.82) is 0 Å². The maximum absolute atomic E-state index is 15.7. The Morgan fingerprint density at radius 2 is 2.10 bits per heavy atom. The first-order valence-electron chi connectivity index (χ1n) is 11.5. The Bertz CT molecular complexity index is 973. The smallest absolute Gasteiger partial charge is 0.125 e. The standard InChI is InChI=1S/C24H32FN5O/c1-3-14-11-16(31)4-5-17(14)18-6-7-19-22(21(18)25)29-30-23(19)24-27-12-20(28-24)15-8-9-26-13(2)10-15/h4-5,10-13,18-19,21-23,26,29-31H,3,6-9H2,1-2H3,(H,27,28)/t13-,18?,19?,21?,22?,23?/m1/s1. The summed E-state index contributed by atoms with van der Waals surface area (Å²) in [5.41, 5.74) is 11.0. The van der Waals surface area contributed by atoms with E-state index in [1.807, 2.05) is 12.3 Å². The summed E-state index contributed by atoms with van der Waals surface area (Å²) in [7, 11) is 0. The third-order valence-electron chi connectivity index (χ3n) is 7.29. The molecule has 1 aromatic carbocycles. The van der Waals surface area contributed by atoms with Crippen LogP contribution in [-0.4, -0.2) is 39.9 Å². The largest absolute Gasteiger partial charge is 0.508 e. The zero-order valence-electron chi connectivity index (χ0n) is 18.2. The van der Waals surface area contributed by atoms with Gasteiger partial charge < -0.3 is 15.4 Å². The lowest BCUT2D eigenvalue weighted by Crippen LogP contribution is -2.45. The molecule has 0 radical (unpaired) electrons. The predicted molar refractivity (Wildman–Crippen MR) is 119 cm³/mol. The van der Waals surface area contributed by atoms with Crippen LogP contribution in [0.5, 0.6) is 5.75 Å². The number of hydrazine groups is 1. The van der Waals surface area contributed by atoms with Crippen molar-refractivity contribution < 1.29 is 9.50 Å². The highest BCUT2D eigenvalue weighted by Crippen LogP contribution is 2.45. The number of phenols is 1. The van der Waals surface area contributed by atoms with Gasteiger partial charge in [0.1, 0.15) is 17.7 Å². The Balaban J connectivity index is 1.34. The summed E-state index contributed by atoms with van der Waals surface area (Å²) < 4.78 is 15.7. The number of aromatic nitrogens is 2. The number of rotatable bonds is 4. The molecule has 6 nitrogen and oxygen atoms in total. The first kappa shape index (κ1) is 20.7. The molecule has 2 fully saturated rings. The summed E-state index contributed by atoms with van der Waals surface area (Å²) in [6.45, 7) is 5.17. The molecule has 3 aliphatic rings. The molecule has 3 heterocycles. The molecule has 1 aliphatic carbocycles. The highest BCUT2D eigenvalue weighted by atomic mass is 19.1. The van der Waals surface area contributed by atoms with Crippen molar-refractivity contribution in [2.45, 2.75) is 69.7 Å². The highest BCUT2D eigenvalue weighted by molar-refractivity contribution is 5.64. The molecule has 1 aromatic heterocycles. The van der Waals surface area contributed by atoms with E-state index in [1.165, 1.54) is 5.57 Å². The summed E-state index contributed by atoms with van der Waals surface area (Å²) in [4.78, 5) is 8.16. The fourth-order valence-corrected chi connectivity index (χ4v) is 5.67. The maximum atomic E-state index is 15.7. The van der Waals surface area contributed by atoms with Crippen LogP contribution in [-0.2, 0) is 6.42 Å². The number of halogens is 1. The Morgan fingerprint density at radius 3 is 2.90 bits per heavy atom. The molecule has 0 bridgehead atoms. The molecule has 5 unspecified atom stereocenters. The fraction of sp³-hybridized carbons (Fsp3) is 0.542. The van der Waals surface area contributed by atoms with Crippen LogP contribution >= 0.6 is 0 Å². The van der Waals surface area contributed by atoms with Gasteiger partial charge in [-0.1, -0.05) is 19.1 Å². The Kier molecular flexibility index (Phi) is 5.58. The minimum Gasteiger partial charge on any atom is -0.508 e. The van der Waals surface area contributed by atoms with Crippen LogP contribution in [0.3, 0.4) is 0 Å². The van der Waals surface area contributed by atoms with Crippen LogP contribution in [0, 0.1) is 5.92 Å². The number of hydrogen-bond acceptors (Lipinski definition) is 5. The van der Waals surface area contributed by atoms with E-state index in [1.54, 1.807) is 12.1 Å². The summed E-state index contributed by atoms with van der Waals surface area (Å²) >= 11 is 0. The molecule has 1 saturated heterocycles. The van der Waals surface area contributed by atoms with E-state index < -0.39 is 6.17 Å². The second kappa shape index (κ2) is 8.37. The van der Waals surface area contributed by atoms with E-state index in [2.05, 4.69) is 46.1 Å². The molecule has 166 valence electrons. The number of aromatic amines is 1. The van der Waals surface area contributed by atoms with Crippen molar-refractivity contribution in [3.8, 4) is 5.75 Å². The number of H-pyrrole nitrogens is 1. The van der Waals surface area contributed by atoms with Crippen molar-refractivity contribution in [3.05, 3.63) is 53.1 Å². The molecule has 0 amide bonds. The van der Waals surface area contributed by atoms with Gasteiger partial charge in [-0.05, 0) is 68.0 Å². The van der Waals surface area contributed by atoms with Gasteiger partial charge in [0.05, 0.1) is 24.0 Å². The van der Waals surface area contributed by atoms with Gasteiger partial charge in [0, 0.05) is 17.9 Å². The third kappa shape index (κ3) is 3.79. The van der Waals surface area contributed by atoms with Gasteiger partial charge in [-0.15, -0.1) is 0 Å². The molecule has 1 saturated carbocycles. The average molecular weight is 426 g/mol. The monoisotopic (exact) mass is 425 g/mol. The lowest BCUT2D eigenvalue weighted by atomic mass is 9.71. The van der Waals surface area contributed by atoms with Crippen LogP contribution in [0.15, 0.2) is 30.5 Å². The topological polar surface area (TPSA) is 85.0 Å². The Morgan fingerprint density at radius 1 is 1.23 bits per heavy atom. The number of aromatic hydroxyl groups is 1. The van der Waals surface area contributed by atoms with Gasteiger partial charge in [0.2, 0.25) is 0 Å². The van der Waals surface area contributed by atoms with Gasteiger partial charge in [-0.2, -0.15) is 0 Å². The number of nitrogens with one attached hydrogen (secondary N) is 4. The molecule has 2 aromatic rings. The van der Waals surface area contributed by atoms with Gasteiger partial charge in [-0.3, -0.25) is 5.43 Å². The average Bonchev–Trinajstić information content (AvgIpc) is 3.42. The van der Waals surface area contributed by atoms with Crippen LogP contribution in [0.25, 0.3) is 5.57 Å². The molecular formula is C24H32FN5O. The molecule has 6 atom stereocenters. The van der Waals surface area contributed by atoms with E-state index in [-0.39, 0.29) is 29.7 Å². The number of aryl methyl sites for hydroxylation is 1. The van der Waals surface area contributed by atoms with Crippen LogP contribution in [0.4, 0.5) is 4.39 Å². The second-order valence-electron chi connectivity index (χ2n) is 9.19. The van der Waals surface area contributed by atoms with E-state index >= 15 is 4.39 Å². The highest BCUT2D eigenvalue weighted by Gasteiger charge is 2.48. The van der Waals surface area contributed by atoms with Crippen LogP contribution in [0.2, 0.25) is 0 Å². The van der Waals surface area contributed by atoms with E-state index in [4.69, 9.17) is 0 Å². The zero-order valence-corrected chi connectivity index (χ0v) is 18.2. The predicted octanol–water partition coefficient (Wildman–Crippen LogP) is 3.49. The van der Waals surface area contributed by atoms with Gasteiger partial charge >= 0.3 is 0 Å². The molecule has 7 heteroatoms. The number of imidazole rings is 1. The van der Waals surface area contributed by atoms with Gasteiger partial charge in [0.25, 0.3) is 0 Å². The first-order valence-corrected chi connectivity index (χ1v) is 11.5.